The van der Waals surface area contributed by atoms with E-state index < -0.39 is 5.97 Å². The third-order valence-corrected chi connectivity index (χ3v) is 6.87. The Balaban J connectivity index is 1.47. The number of aliphatic carboxylic acids is 1. The second-order valence-electron chi connectivity index (χ2n) is 7.87. The monoisotopic (exact) mass is 443 g/mol. The van der Waals surface area contributed by atoms with Crippen LogP contribution in [0.25, 0.3) is 11.0 Å². The number of anilines is 1. The second-order valence-corrected chi connectivity index (χ2v) is 9.04. The molecule has 3 aromatic rings. The van der Waals surface area contributed by atoms with E-state index in [-0.39, 0.29) is 30.0 Å². The maximum absolute atomic E-state index is 13.1. The predicted octanol–water partition coefficient (Wildman–Crippen LogP) is 2.54. The highest BCUT2D eigenvalue weighted by Gasteiger charge is 2.28. The van der Waals surface area contributed by atoms with Crippen LogP contribution in [0.2, 0.25) is 0 Å². The minimum Gasteiger partial charge on any atom is -0.480 e. The zero-order valence-corrected chi connectivity index (χ0v) is 17.8. The van der Waals surface area contributed by atoms with Gasteiger partial charge < -0.3 is 20.7 Å². The van der Waals surface area contributed by atoms with Crippen molar-refractivity contribution in [3.8, 4) is 0 Å². The van der Waals surface area contributed by atoms with Crippen molar-refractivity contribution in [3.63, 3.8) is 0 Å². The summed E-state index contributed by atoms with van der Waals surface area (Å²) >= 11 is 1.38. The normalized spacial score (nSPS) is 14.7. The first-order valence-electron chi connectivity index (χ1n) is 10.4. The number of H-pyrrole nitrogens is 2. The lowest BCUT2D eigenvalue weighted by Crippen LogP contribution is -2.44. The Labute approximate surface area is 182 Å². The minimum absolute atomic E-state index is 0.0132. The summed E-state index contributed by atoms with van der Waals surface area (Å²) in [5.41, 5.74) is 6.59. The predicted molar refractivity (Wildman–Crippen MR) is 118 cm³/mol. The van der Waals surface area contributed by atoms with Gasteiger partial charge in [-0.1, -0.05) is 19.3 Å². The van der Waals surface area contributed by atoms with Crippen molar-refractivity contribution < 1.29 is 14.7 Å². The number of aromatic nitrogens is 3. The number of carbonyl (C=O) groups excluding carboxylic acids is 1. The van der Waals surface area contributed by atoms with Crippen molar-refractivity contribution in [2.45, 2.75) is 51.0 Å². The molecule has 0 aliphatic heterocycles. The van der Waals surface area contributed by atoms with Gasteiger partial charge in [0.05, 0.1) is 10.3 Å². The number of hydrogen-bond acceptors (Lipinski definition) is 6. The molecule has 164 valence electrons. The molecular formula is C21H25N5O4S. The number of nitrogens with zero attached hydrogens (tertiary/aromatic N) is 2. The number of nitrogen functional groups attached to an aromatic ring is 1. The molecule has 1 fully saturated rings. The van der Waals surface area contributed by atoms with E-state index in [1.807, 2.05) is 6.07 Å². The highest BCUT2D eigenvalue weighted by molar-refractivity contribution is 7.14. The van der Waals surface area contributed by atoms with E-state index in [1.165, 1.54) is 16.2 Å². The fraction of sp³-hybridized carbons (Fsp3) is 0.429. The molecule has 5 N–H and O–H groups in total. The van der Waals surface area contributed by atoms with Gasteiger partial charge in [0.15, 0.2) is 0 Å². The summed E-state index contributed by atoms with van der Waals surface area (Å²) in [5, 5.41) is 9.79. The number of aromatic amines is 2. The Bertz CT molecular complexity index is 1160. The Morgan fingerprint density at radius 1 is 1.23 bits per heavy atom. The molecule has 9 nitrogen and oxygen atoms in total. The first-order valence-corrected chi connectivity index (χ1v) is 11.2. The summed E-state index contributed by atoms with van der Waals surface area (Å²) < 4.78 is 0. The fourth-order valence-electron chi connectivity index (χ4n) is 4.25. The summed E-state index contributed by atoms with van der Waals surface area (Å²) in [6.07, 6.45) is 7.89. The molecule has 0 unspecified atom stereocenters. The Morgan fingerprint density at radius 3 is 2.74 bits per heavy atom. The molecule has 0 aromatic carbocycles. The standard InChI is InChI=1S/C21H25N5O4S/c22-21-24-18-17(19(29)25-21)12(10-23-18)6-7-14-8-9-15(31-14)20(30)26(11-16(27)28)13-4-2-1-3-5-13/h8-10,13H,1-7,11H2,(H,27,28)(H4,22,23,24,25,29). The molecule has 0 atom stereocenters. The molecule has 3 aromatic heterocycles. The number of fused-ring (bicyclic) bond motifs is 1. The lowest BCUT2D eigenvalue weighted by Gasteiger charge is -2.33. The van der Waals surface area contributed by atoms with Crippen molar-refractivity contribution >= 4 is 40.2 Å². The average molecular weight is 444 g/mol. The molecule has 10 heteroatoms. The molecular weight excluding hydrogens is 418 g/mol. The van der Waals surface area contributed by atoms with Gasteiger partial charge in [0.25, 0.3) is 11.5 Å². The van der Waals surface area contributed by atoms with Crippen molar-refractivity contribution in [1.82, 2.24) is 19.9 Å². The molecule has 4 rings (SSSR count). The number of amides is 1. The molecule has 0 bridgehead atoms. The van der Waals surface area contributed by atoms with E-state index >= 15 is 0 Å². The maximum Gasteiger partial charge on any atom is 0.323 e. The van der Waals surface area contributed by atoms with Crippen molar-refractivity contribution in [3.05, 3.63) is 44.0 Å². The number of carbonyl (C=O) groups is 2. The van der Waals surface area contributed by atoms with Gasteiger partial charge in [-0.15, -0.1) is 11.3 Å². The van der Waals surface area contributed by atoms with Crippen LogP contribution in [0.15, 0.2) is 23.1 Å². The number of carboxylic acid groups (broad SMARTS) is 1. The highest BCUT2D eigenvalue weighted by Crippen LogP contribution is 2.27. The first-order chi connectivity index (χ1) is 14.9. The summed E-state index contributed by atoms with van der Waals surface area (Å²) in [4.78, 5) is 49.3. The quantitative estimate of drug-likeness (QED) is 0.441. The Kier molecular flexibility index (Phi) is 6.08. The second kappa shape index (κ2) is 8.93. The maximum atomic E-state index is 13.1. The molecule has 1 amide bonds. The van der Waals surface area contributed by atoms with E-state index in [1.54, 1.807) is 12.3 Å². The van der Waals surface area contributed by atoms with Crippen LogP contribution in [-0.4, -0.2) is 49.4 Å². The summed E-state index contributed by atoms with van der Waals surface area (Å²) in [5.74, 6) is -1.14. The Morgan fingerprint density at radius 2 is 2.00 bits per heavy atom. The molecule has 1 aliphatic rings. The lowest BCUT2D eigenvalue weighted by atomic mass is 9.94. The SMILES string of the molecule is Nc1nc2[nH]cc(CCc3ccc(C(=O)N(CC(=O)O)C4CCCCC4)s3)c2c(=O)[nH]1. The fourth-order valence-corrected chi connectivity index (χ4v) is 5.21. The molecule has 0 saturated heterocycles. The van der Waals surface area contributed by atoms with E-state index in [9.17, 15) is 19.5 Å². The summed E-state index contributed by atoms with van der Waals surface area (Å²) in [6.45, 7) is -0.273. The van der Waals surface area contributed by atoms with E-state index in [2.05, 4.69) is 15.0 Å². The van der Waals surface area contributed by atoms with E-state index in [4.69, 9.17) is 5.73 Å². The molecule has 31 heavy (non-hydrogen) atoms. The number of carboxylic acids is 1. The van der Waals surface area contributed by atoms with Crippen LogP contribution >= 0.6 is 11.3 Å². The van der Waals surface area contributed by atoms with Crippen LogP contribution < -0.4 is 11.3 Å². The molecule has 0 radical (unpaired) electrons. The molecule has 1 saturated carbocycles. The molecule has 1 aliphatic carbocycles. The average Bonchev–Trinajstić information content (AvgIpc) is 3.37. The number of hydrogen-bond donors (Lipinski definition) is 4. The summed E-state index contributed by atoms with van der Waals surface area (Å²) in [6, 6.07) is 3.65. The zero-order chi connectivity index (χ0) is 22.0. The third kappa shape index (κ3) is 4.63. The zero-order valence-electron chi connectivity index (χ0n) is 17.0. The van der Waals surface area contributed by atoms with E-state index in [0.29, 0.717) is 28.8 Å². The highest BCUT2D eigenvalue weighted by atomic mass is 32.1. The van der Waals surface area contributed by atoms with Crippen molar-refractivity contribution in [2.75, 3.05) is 12.3 Å². The van der Waals surface area contributed by atoms with Crippen LogP contribution in [0, 0.1) is 0 Å². The van der Waals surface area contributed by atoms with E-state index in [0.717, 1.165) is 42.5 Å². The van der Waals surface area contributed by atoms with Crippen LogP contribution in [0.5, 0.6) is 0 Å². The smallest absolute Gasteiger partial charge is 0.323 e. The van der Waals surface area contributed by atoms with Gasteiger partial charge in [0, 0.05) is 17.1 Å². The van der Waals surface area contributed by atoms with Gasteiger partial charge in [0.1, 0.15) is 12.2 Å². The third-order valence-electron chi connectivity index (χ3n) is 5.74. The number of aryl methyl sites for hydroxylation is 2. The molecule has 0 spiro atoms. The van der Waals surface area contributed by atoms with Gasteiger partial charge in [-0.2, -0.15) is 4.98 Å². The number of nitrogens with two attached hydrogens (primary N) is 1. The van der Waals surface area contributed by atoms with Gasteiger partial charge >= 0.3 is 5.97 Å². The van der Waals surface area contributed by atoms with Gasteiger partial charge in [-0.05, 0) is 43.4 Å². The number of nitrogens with one attached hydrogen (secondary N) is 2. The van der Waals surface area contributed by atoms with Crippen molar-refractivity contribution in [2.24, 2.45) is 0 Å². The number of rotatable bonds is 7. The minimum atomic E-state index is -0.991. The summed E-state index contributed by atoms with van der Waals surface area (Å²) in [7, 11) is 0. The Hall–Kier alpha value is -3.14. The van der Waals surface area contributed by atoms with Crippen molar-refractivity contribution in [1.29, 1.82) is 0 Å². The number of thiophene rings is 1. The first kappa shape index (κ1) is 21.1. The largest absolute Gasteiger partial charge is 0.480 e. The van der Waals surface area contributed by atoms with Crippen LogP contribution in [-0.2, 0) is 17.6 Å². The van der Waals surface area contributed by atoms with Crippen LogP contribution in [0.1, 0.15) is 52.2 Å². The van der Waals surface area contributed by atoms with Gasteiger partial charge in [-0.25, -0.2) is 0 Å². The van der Waals surface area contributed by atoms with Gasteiger partial charge in [-0.3, -0.25) is 19.4 Å². The molecule has 3 heterocycles. The van der Waals surface area contributed by atoms with Crippen LogP contribution in [0.4, 0.5) is 5.95 Å². The topological polar surface area (TPSA) is 145 Å². The van der Waals surface area contributed by atoms with Gasteiger partial charge in [0.2, 0.25) is 5.95 Å². The van der Waals surface area contributed by atoms with Crippen LogP contribution in [0.3, 0.4) is 0 Å². The lowest BCUT2D eigenvalue weighted by molar-refractivity contribution is -0.138.